The van der Waals surface area contributed by atoms with Crippen LogP contribution in [0.1, 0.15) is 44.7 Å². The van der Waals surface area contributed by atoms with Gasteiger partial charge in [0.2, 0.25) is 5.91 Å². The minimum Gasteiger partial charge on any atom is -0.343 e. The van der Waals surface area contributed by atoms with E-state index in [-0.39, 0.29) is 5.92 Å². The van der Waals surface area contributed by atoms with Crippen molar-refractivity contribution >= 4 is 14.0 Å². The van der Waals surface area contributed by atoms with E-state index in [2.05, 4.69) is 70.0 Å². The molecule has 2 unspecified atom stereocenters. The van der Waals surface area contributed by atoms with Crippen LogP contribution in [-0.4, -0.2) is 32.0 Å². The van der Waals surface area contributed by atoms with Crippen LogP contribution < -0.4 is 0 Å². The molecule has 0 bridgehead atoms. The van der Waals surface area contributed by atoms with E-state index >= 15 is 0 Å². The van der Waals surface area contributed by atoms with E-state index in [1.54, 1.807) is 0 Å². The van der Waals surface area contributed by atoms with Crippen LogP contribution in [0, 0.1) is 11.8 Å². The number of amides is 1. The van der Waals surface area contributed by atoms with Gasteiger partial charge in [-0.3, -0.25) is 4.79 Å². The quantitative estimate of drug-likeness (QED) is 0.674. The first kappa shape index (κ1) is 19.2. The molecule has 24 heavy (non-hydrogen) atoms. The lowest BCUT2D eigenvalue weighted by Crippen LogP contribution is -2.47. The predicted octanol–water partition coefficient (Wildman–Crippen LogP) is 5.18. The van der Waals surface area contributed by atoms with Gasteiger partial charge >= 0.3 is 0 Å². The van der Waals surface area contributed by atoms with Gasteiger partial charge in [0.1, 0.15) is 0 Å². The van der Waals surface area contributed by atoms with Crippen LogP contribution in [0.2, 0.25) is 25.2 Å². The lowest BCUT2D eigenvalue weighted by atomic mass is 9.89. The van der Waals surface area contributed by atoms with E-state index in [1.165, 1.54) is 23.2 Å². The molecule has 1 heterocycles. The molecule has 2 rings (SSSR count). The van der Waals surface area contributed by atoms with Crippen LogP contribution in [0.3, 0.4) is 0 Å². The van der Waals surface area contributed by atoms with Crippen molar-refractivity contribution in [3.8, 4) is 0 Å². The van der Waals surface area contributed by atoms with Crippen LogP contribution in [-0.2, 0) is 11.2 Å². The van der Waals surface area contributed by atoms with Crippen molar-refractivity contribution in [2.45, 2.75) is 65.2 Å². The molecule has 1 aliphatic rings. The summed E-state index contributed by atoms with van der Waals surface area (Å²) in [6, 6.07) is 11.4. The minimum absolute atomic E-state index is 0.0845. The molecule has 1 saturated heterocycles. The number of hydrogen-bond donors (Lipinski definition) is 0. The topological polar surface area (TPSA) is 20.3 Å². The standard InChI is InChI=1S/C21H35NOSi/c1-16(2)18(4)20-9-7-19(8-10-20)15-17(3)21(23)22-11-13-24(5,6)14-12-22/h7-10,16-18H,11-15H2,1-6H3. The third kappa shape index (κ3) is 4.95. The van der Waals surface area contributed by atoms with E-state index in [4.69, 9.17) is 0 Å². The molecule has 1 aliphatic heterocycles. The van der Waals surface area contributed by atoms with E-state index in [9.17, 15) is 4.79 Å². The van der Waals surface area contributed by atoms with Crippen molar-refractivity contribution in [1.82, 2.24) is 4.90 Å². The number of benzene rings is 1. The Morgan fingerprint density at radius 3 is 2.08 bits per heavy atom. The predicted molar refractivity (Wildman–Crippen MR) is 106 cm³/mol. The Hall–Kier alpha value is -1.09. The highest BCUT2D eigenvalue weighted by atomic mass is 28.3. The Bertz CT molecular complexity index is 539. The van der Waals surface area contributed by atoms with Crippen molar-refractivity contribution < 1.29 is 4.79 Å². The zero-order chi connectivity index (χ0) is 17.9. The van der Waals surface area contributed by atoms with E-state index in [0.29, 0.717) is 17.7 Å². The molecule has 2 nitrogen and oxygen atoms in total. The summed E-state index contributed by atoms with van der Waals surface area (Å²) in [5, 5.41) is 0. The smallest absolute Gasteiger partial charge is 0.225 e. The zero-order valence-corrected chi connectivity index (χ0v) is 17.4. The maximum absolute atomic E-state index is 12.7. The first-order valence-electron chi connectivity index (χ1n) is 9.57. The molecule has 0 saturated carbocycles. The molecular weight excluding hydrogens is 310 g/mol. The van der Waals surface area contributed by atoms with Crippen LogP contribution in [0.25, 0.3) is 0 Å². The molecule has 0 aromatic heterocycles. The van der Waals surface area contributed by atoms with Crippen LogP contribution in [0.4, 0.5) is 0 Å². The first-order valence-corrected chi connectivity index (χ1v) is 13.0. The Kier molecular flexibility index (Phi) is 6.30. The monoisotopic (exact) mass is 345 g/mol. The van der Waals surface area contributed by atoms with Crippen molar-refractivity contribution in [3.05, 3.63) is 35.4 Å². The van der Waals surface area contributed by atoms with Gasteiger partial charge in [-0.1, -0.05) is 65.1 Å². The summed E-state index contributed by atoms with van der Waals surface area (Å²) in [5.41, 5.74) is 2.68. The maximum atomic E-state index is 12.7. The average Bonchev–Trinajstić information content (AvgIpc) is 2.54. The summed E-state index contributed by atoms with van der Waals surface area (Å²) >= 11 is 0. The molecular formula is C21H35NOSi. The molecule has 0 radical (unpaired) electrons. The molecule has 0 N–H and O–H groups in total. The zero-order valence-electron chi connectivity index (χ0n) is 16.4. The van der Waals surface area contributed by atoms with Crippen LogP contribution in [0.5, 0.6) is 0 Å². The molecule has 1 aromatic rings. The summed E-state index contributed by atoms with van der Waals surface area (Å²) in [5.74, 6) is 1.67. The summed E-state index contributed by atoms with van der Waals surface area (Å²) in [6.07, 6.45) is 0.854. The second-order valence-electron chi connectivity index (χ2n) is 8.87. The van der Waals surface area contributed by atoms with E-state index < -0.39 is 8.07 Å². The maximum Gasteiger partial charge on any atom is 0.225 e. The van der Waals surface area contributed by atoms with Gasteiger partial charge in [-0.15, -0.1) is 0 Å². The Morgan fingerprint density at radius 1 is 1.04 bits per heavy atom. The Morgan fingerprint density at radius 2 is 1.58 bits per heavy atom. The van der Waals surface area contributed by atoms with Gasteiger partial charge in [-0.25, -0.2) is 0 Å². The van der Waals surface area contributed by atoms with E-state index in [0.717, 1.165) is 19.5 Å². The van der Waals surface area contributed by atoms with Gasteiger partial charge in [0.25, 0.3) is 0 Å². The molecule has 2 atom stereocenters. The first-order chi connectivity index (χ1) is 11.2. The van der Waals surface area contributed by atoms with Crippen molar-refractivity contribution in [1.29, 1.82) is 0 Å². The third-order valence-corrected chi connectivity index (χ3v) is 9.05. The van der Waals surface area contributed by atoms with Crippen molar-refractivity contribution in [2.75, 3.05) is 13.1 Å². The molecule has 134 valence electrons. The highest BCUT2D eigenvalue weighted by Crippen LogP contribution is 2.26. The van der Waals surface area contributed by atoms with Gasteiger partial charge in [0.05, 0.1) is 8.07 Å². The third-order valence-electron chi connectivity index (χ3n) is 5.90. The van der Waals surface area contributed by atoms with E-state index in [1.807, 2.05) is 0 Å². The van der Waals surface area contributed by atoms with Crippen molar-refractivity contribution in [2.24, 2.45) is 11.8 Å². The molecule has 0 aliphatic carbocycles. The van der Waals surface area contributed by atoms with Crippen LogP contribution in [0.15, 0.2) is 24.3 Å². The normalized spacial score (nSPS) is 20.0. The van der Waals surface area contributed by atoms with Gasteiger partial charge in [0.15, 0.2) is 0 Å². The van der Waals surface area contributed by atoms with Crippen molar-refractivity contribution in [3.63, 3.8) is 0 Å². The SMILES string of the molecule is CC(Cc1ccc(C(C)C(C)C)cc1)C(=O)N1CC[Si](C)(C)CC1. The molecule has 0 spiro atoms. The number of nitrogens with zero attached hydrogens (tertiary/aromatic N) is 1. The molecule has 1 amide bonds. The molecule has 3 heteroatoms. The number of carbonyl (C=O) groups is 1. The molecule has 1 aromatic carbocycles. The van der Waals surface area contributed by atoms with Gasteiger partial charge in [-0.2, -0.15) is 0 Å². The Labute approximate surface area is 149 Å². The highest BCUT2D eigenvalue weighted by Gasteiger charge is 2.31. The minimum atomic E-state index is -1.01. The molecule has 1 fully saturated rings. The average molecular weight is 346 g/mol. The number of rotatable bonds is 5. The fraction of sp³-hybridized carbons (Fsp3) is 0.667. The number of hydrogen-bond acceptors (Lipinski definition) is 1. The Balaban J connectivity index is 1.92. The summed E-state index contributed by atoms with van der Waals surface area (Å²) in [6.45, 7) is 15.7. The lowest BCUT2D eigenvalue weighted by molar-refractivity contribution is -0.134. The lowest BCUT2D eigenvalue weighted by Gasteiger charge is -2.36. The fourth-order valence-electron chi connectivity index (χ4n) is 3.43. The second kappa shape index (κ2) is 7.86. The van der Waals surface area contributed by atoms with Gasteiger partial charge in [0, 0.05) is 19.0 Å². The second-order valence-corrected chi connectivity index (χ2v) is 14.2. The largest absolute Gasteiger partial charge is 0.343 e. The summed E-state index contributed by atoms with van der Waals surface area (Å²) in [7, 11) is -1.01. The summed E-state index contributed by atoms with van der Waals surface area (Å²) in [4.78, 5) is 14.8. The van der Waals surface area contributed by atoms with Gasteiger partial charge in [-0.05, 0) is 41.5 Å². The highest BCUT2D eigenvalue weighted by molar-refractivity contribution is 6.77. The summed E-state index contributed by atoms with van der Waals surface area (Å²) < 4.78 is 0. The van der Waals surface area contributed by atoms with Crippen LogP contribution >= 0.6 is 0 Å². The van der Waals surface area contributed by atoms with Gasteiger partial charge < -0.3 is 4.90 Å². The number of carbonyl (C=O) groups excluding carboxylic acids is 1. The fourth-order valence-corrected chi connectivity index (χ4v) is 5.43.